The number of aryl methyl sites for hydroxylation is 1. The highest BCUT2D eigenvalue weighted by atomic mass is 16.2. The number of pyridine rings is 1. The van der Waals surface area contributed by atoms with Crippen LogP contribution in [0, 0.1) is 5.41 Å². The van der Waals surface area contributed by atoms with E-state index in [1.54, 1.807) is 24.1 Å². The van der Waals surface area contributed by atoms with Crippen LogP contribution in [0.3, 0.4) is 0 Å². The third kappa shape index (κ3) is 2.11. The van der Waals surface area contributed by atoms with Crippen molar-refractivity contribution in [2.45, 2.75) is 31.3 Å². The van der Waals surface area contributed by atoms with E-state index < -0.39 is 0 Å². The Kier molecular flexibility index (Phi) is 2.84. The van der Waals surface area contributed by atoms with Crippen LogP contribution in [0.25, 0.3) is 11.3 Å². The minimum absolute atomic E-state index is 0.0654. The van der Waals surface area contributed by atoms with Crippen molar-refractivity contribution in [3.05, 3.63) is 36.3 Å². The highest BCUT2D eigenvalue weighted by Crippen LogP contribution is 2.59. The second-order valence-corrected chi connectivity index (χ2v) is 6.53. The number of carbonyl (C=O) groups excluding carboxylic acids is 1. The van der Waals surface area contributed by atoms with Gasteiger partial charge in [0.1, 0.15) is 5.69 Å². The molecule has 0 aliphatic heterocycles. The molecule has 22 heavy (non-hydrogen) atoms. The van der Waals surface area contributed by atoms with Gasteiger partial charge in [-0.25, -0.2) is 0 Å². The van der Waals surface area contributed by atoms with Crippen LogP contribution in [0.1, 0.15) is 29.8 Å². The van der Waals surface area contributed by atoms with Gasteiger partial charge in [0.2, 0.25) is 0 Å². The van der Waals surface area contributed by atoms with E-state index >= 15 is 0 Å². The first-order chi connectivity index (χ1) is 10.6. The lowest BCUT2D eigenvalue weighted by atomic mass is 9.76. The van der Waals surface area contributed by atoms with Gasteiger partial charge < -0.3 is 11.1 Å². The number of nitrogens with zero attached hydrogens (tertiary/aromatic N) is 3. The first kappa shape index (κ1) is 13.5. The highest BCUT2D eigenvalue weighted by Gasteiger charge is 2.60. The molecule has 0 bridgehead atoms. The van der Waals surface area contributed by atoms with Crippen LogP contribution in [-0.4, -0.2) is 32.8 Å². The number of aromatic nitrogens is 3. The molecule has 0 radical (unpaired) electrons. The van der Waals surface area contributed by atoms with Gasteiger partial charge in [-0.05, 0) is 42.9 Å². The van der Waals surface area contributed by atoms with Gasteiger partial charge in [0.25, 0.3) is 5.91 Å². The van der Waals surface area contributed by atoms with Gasteiger partial charge in [0.15, 0.2) is 0 Å². The lowest BCUT2D eigenvalue weighted by molar-refractivity contribution is 0.0864. The Morgan fingerprint density at radius 2 is 2.05 bits per heavy atom. The molecule has 2 heterocycles. The predicted octanol–water partition coefficient (Wildman–Crippen LogP) is 1.09. The van der Waals surface area contributed by atoms with Crippen LogP contribution < -0.4 is 11.1 Å². The number of hydrogen-bond donors (Lipinski definition) is 2. The molecule has 1 amide bonds. The average Bonchev–Trinajstić information content (AvgIpc) is 2.98. The third-order valence-electron chi connectivity index (χ3n) is 4.98. The fourth-order valence-corrected chi connectivity index (χ4v) is 3.48. The SMILES string of the molecule is Cn1nc(-c2ccncc2)cc1C(=O)NC1CC2(C1)CC2N. The quantitative estimate of drug-likeness (QED) is 0.888. The number of amides is 1. The molecule has 2 aliphatic rings. The summed E-state index contributed by atoms with van der Waals surface area (Å²) in [6.07, 6.45) is 6.56. The molecule has 1 spiro atoms. The van der Waals surface area contributed by atoms with E-state index in [9.17, 15) is 4.79 Å². The van der Waals surface area contributed by atoms with E-state index in [0.717, 1.165) is 30.5 Å². The van der Waals surface area contributed by atoms with Gasteiger partial charge in [-0.2, -0.15) is 5.10 Å². The van der Waals surface area contributed by atoms with Crippen LogP contribution in [0.5, 0.6) is 0 Å². The number of nitrogens with two attached hydrogens (primary N) is 1. The summed E-state index contributed by atoms with van der Waals surface area (Å²) in [5, 5.41) is 7.50. The maximum atomic E-state index is 12.4. The Balaban J connectivity index is 1.46. The molecular formula is C16H19N5O. The molecule has 2 aromatic heterocycles. The van der Waals surface area contributed by atoms with Crippen molar-refractivity contribution < 1.29 is 4.79 Å². The van der Waals surface area contributed by atoms with E-state index in [1.165, 1.54) is 0 Å². The van der Waals surface area contributed by atoms with Crippen molar-refractivity contribution in [1.82, 2.24) is 20.1 Å². The summed E-state index contributed by atoms with van der Waals surface area (Å²) < 4.78 is 1.63. The molecule has 0 saturated heterocycles. The maximum absolute atomic E-state index is 12.4. The molecule has 4 rings (SSSR count). The number of nitrogens with one attached hydrogen (secondary N) is 1. The standard InChI is InChI=1S/C16H19N5O/c1-21-13(6-12(20-21)10-2-4-18-5-3-10)15(22)19-11-7-16(8-11)9-14(16)17/h2-6,11,14H,7-9,17H2,1H3,(H,19,22). The van der Waals surface area contributed by atoms with Gasteiger partial charge in [-0.3, -0.25) is 14.5 Å². The Hall–Kier alpha value is -2.21. The zero-order valence-electron chi connectivity index (χ0n) is 12.5. The molecule has 2 aliphatic carbocycles. The Bertz CT molecular complexity index is 717. The Morgan fingerprint density at radius 3 is 2.68 bits per heavy atom. The van der Waals surface area contributed by atoms with Crippen molar-refractivity contribution in [2.24, 2.45) is 18.2 Å². The fourth-order valence-electron chi connectivity index (χ4n) is 3.48. The number of hydrogen-bond acceptors (Lipinski definition) is 4. The van der Waals surface area contributed by atoms with Crippen LogP contribution in [0.2, 0.25) is 0 Å². The molecule has 1 atom stereocenters. The summed E-state index contributed by atoms with van der Waals surface area (Å²) in [5.74, 6) is -0.0654. The molecule has 6 heteroatoms. The second kappa shape index (κ2) is 4.64. The second-order valence-electron chi connectivity index (χ2n) is 6.53. The molecule has 2 saturated carbocycles. The monoisotopic (exact) mass is 297 g/mol. The summed E-state index contributed by atoms with van der Waals surface area (Å²) in [5.41, 5.74) is 8.58. The van der Waals surface area contributed by atoms with E-state index in [1.807, 2.05) is 18.2 Å². The molecule has 2 fully saturated rings. The van der Waals surface area contributed by atoms with Crippen LogP contribution >= 0.6 is 0 Å². The Morgan fingerprint density at radius 1 is 1.36 bits per heavy atom. The zero-order valence-corrected chi connectivity index (χ0v) is 12.5. The Labute approximate surface area is 128 Å². The predicted molar refractivity (Wildman–Crippen MR) is 82.0 cm³/mol. The average molecular weight is 297 g/mol. The van der Waals surface area contributed by atoms with Crippen molar-refractivity contribution >= 4 is 5.91 Å². The first-order valence-electron chi connectivity index (χ1n) is 7.58. The van der Waals surface area contributed by atoms with Gasteiger partial charge in [0.05, 0.1) is 5.69 Å². The van der Waals surface area contributed by atoms with Gasteiger partial charge >= 0.3 is 0 Å². The van der Waals surface area contributed by atoms with Crippen molar-refractivity contribution in [2.75, 3.05) is 0 Å². The van der Waals surface area contributed by atoms with Crippen LogP contribution in [-0.2, 0) is 7.05 Å². The minimum atomic E-state index is -0.0654. The molecule has 114 valence electrons. The molecule has 0 aromatic carbocycles. The van der Waals surface area contributed by atoms with E-state index in [-0.39, 0.29) is 11.9 Å². The number of rotatable bonds is 3. The van der Waals surface area contributed by atoms with Crippen molar-refractivity contribution in [3.63, 3.8) is 0 Å². The van der Waals surface area contributed by atoms with E-state index in [2.05, 4.69) is 15.4 Å². The van der Waals surface area contributed by atoms with E-state index in [4.69, 9.17) is 5.73 Å². The fraction of sp³-hybridized carbons (Fsp3) is 0.438. The molecule has 3 N–H and O–H groups in total. The topological polar surface area (TPSA) is 85.8 Å². The maximum Gasteiger partial charge on any atom is 0.269 e. The van der Waals surface area contributed by atoms with Crippen molar-refractivity contribution in [3.8, 4) is 11.3 Å². The van der Waals surface area contributed by atoms with Crippen molar-refractivity contribution in [1.29, 1.82) is 0 Å². The first-order valence-corrected chi connectivity index (χ1v) is 7.58. The third-order valence-corrected chi connectivity index (χ3v) is 4.98. The summed E-state index contributed by atoms with van der Waals surface area (Å²) in [6, 6.07) is 6.18. The molecule has 6 nitrogen and oxygen atoms in total. The summed E-state index contributed by atoms with van der Waals surface area (Å²) in [6.45, 7) is 0. The largest absolute Gasteiger partial charge is 0.348 e. The highest BCUT2D eigenvalue weighted by molar-refractivity contribution is 5.94. The van der Waals surface area contributed by atoms with Crippen LogP contribution in [0.4, 0.5) is 0 Å². The van der Waals surface area contributed by atoms with E-state index in [0.29, 0.717) is 17.2 Å². The summed E-state index contributed by atoms with van der Waals surface area (Å²) in [4.78, 5) is 16.4. The lowest BCUT2D eigenvalue weighted by Crippen LogP contribution is -2.47. The van der Waals surface area contributed by atoms with Gasteiger partial charge in [0, 0.05) is 37.1 Å². The normalized spacial score (nSPS) is 29.2. The lowest BCUT2D eigenvalue weighted by Gasteiger charge is -2.36. The molecular weight excluding hydrogens is 278 g/mol. The zero-order chi connectivity index (χ0) is 15.3. The van der Waals surface area contributed by atoms with Crippen LogP contribution in [0.15, 0.2) is 30.6 Å². The smallest absolute Gasteiger partial charge is 0.269 e. The molecule has 1 unspecified atom stereocenters. The summed E-state index contributed by atoms with van der Waals surface area (Å²) in [7, 11) is 1.79. The minimum Gasteiger partial charge on any atom is -0.348 e. The van der Waals surface area contributed by atoms with Gasteiger partial charge in [-0.1, -0.05) is 0 Å². The van der Waals surface area contributed by atoms with Gasteiger partial charge in [-0.15, -0.1) is 0 Å². The molecule has 2 aromatic rings. The summed E-state index contributed by atoms with van der Waals surface area (Å²) >= 11 is 0. The number of carbonyl (C=O) groups is 1.